The Kier molecular flexibility index (Phi) is 4.52. The predicted molar refractivity (Wildman–Crippen MR) is 73.0 cm³/mol. The van der Waals surface area contributed by atoms with E-state index in [2.05, 4.69) is 10.6 Å². The monoisotopic (exact) mass is 279 g/mol. The van der Waals surface area contributed by atoms with Gasteiger partial charge in [0.05, 0.1) is 12.0 Å². The van der Waals surface area contributed by atoms with Crippen LogP contribution in [0.3, 0.4) is 0 Å². The third kappa shape index (κ3) is 3.24. The number of rotatable bonds is 5. The van der Waals surface area contributed by atoms with E-state index in [1.807, 2.05) is 0 Å². The van der Waals surface area contributed by atoms with Crippen LogP contribution in [0.5, 0.6) is 5.75 Å². The fraction of sp³-hybridized carbons (Fsp3) is 0.462. The molecule has 2 N–H and O–H groups in total. The van der Waals surface area contributed by atoms with Gasteiger partial charge < -0.3 is 15.4 Å². The summed E-state index contributed by atoms with van der Waals surface area (Å²) < 4.78 is 5.00. The van der Waals surface area contributed by atoms with Crippen LogP contribution in [0.1, 0.15) is 23.2 Å². The second-order valence-corrected chi connectivity index (χ2v) is 4.64. The number of ether oxygens (including phenoxy) is 1. The Labute approximate surface area is 116 Å². The molecule has 1 aliphatic heterocycles. The topological polar surface area (TPSA) is 93.5 Å². The fourth-order valence-corrected chi connectivity index (χ4v) is 2.23. The number of nitrogens with zero attached hydrogens (tertiary/aromatic N) is 1. The van der Waals surface area contributed by atoms with E-state index < -0.39 is 10.8 Å². The minimum absolute atomic E-state index is 0.0207. The molecule has 1 heterocycles. The highest BCUT2D eigenvalue weighted by molar-refractivity contribution is 5.98. The van der Waals surface area contributed by atoms with Crippen molar-refractivity contribution in [2.45, 2.75) is 18.9 Å². The third-order valence-electron chi connectivity index (χ3n) is 3.32. The van der Waals surface area contributed by atoms with E-state index in [0.717, 1.165) is 19.4 Å². The highest BCUT2D eigenvalue weighted by Gasteiger charge is 2.22. The van der Waals surface area contributed by atoms with Crippen molar-refractivity contribution >= 4 is 11.6 Å². The molecule has 1 atom stereocenters. The van der Waals surface area contributed by atoms with Gasteiger partial charge in [0, 0.05) is 18.7 Å². The number of carbonyl (C=O) groups is 1. The van der Waals surface area contributed by atoms with Gasteiger partial charge in [-0.25, -0.2) is 0 Å². The fourth-order valence-electron chi connectivity index (χ4n) is 2.23. The lowest BCUT2D eigenvalue weighted by atomic mass is 10.1. The second kappa shape index (κ2) is 6.33. The number of hydrogen-bond acceptors (Lipinski definition) is 5. The van der Waals surface area contributed by atoms with Gasteiger partial charge in [0.2, 0.25) is 0 Å². The normalized spacial score (nSPS) is 17.8. The van der Waals surface area contributed by atoms with Crippen LogP contribution in [0.25, 0.3) is 0 Å². The van der Waals surface area contributed by atoms with Gasteiger partial charge in [0.1, 0.15) is 11.3 Å². The van der Waals surface area contributed by atoms with Crippen molar-refractivity contribution in [2.24, 2.45) is 0 Å². The molecule has 2 rings (SSSR count). The molecule has 20 heavy (non-hydrogen) atoms. The molecule has 1 fully saturated rings. The minimum atomic E-state index is -0.567. The Balaban J connectivity index is 2.11. The van der Waals surface area contributed by atoms with E-state index in [0.29, 0.717) is 12.3 Å². The van der Waals surface area contributed by atoms with Gasteiger partial charge in [0.25, 0.3) is 11.6 Å². The Morgan fingerprint density at radius 2 is 2.40 bits per heavy atom. The summed E-state index contributed by atoms with van der Waals surface area (Å²) in [5.41, 5.74) is -0.199. The molecule has 1 saturated heterocycles. The average molecular weight is 279 g/mol. The van der Waals surface area contributed by atoms with E-state index in [1.54, 1.807) is 0 Å². The number of nitro benzene ring substituents is 1. The largest absolute Gasteiger partial charge is 0.497 e. The second-order valence-electron chi connectivity index (χ2n) is 4.64. The Bertz CT molecular complexity index is 512. The number of amides is 1. The maximum absolute atomic E-state index is 12.1. The Morgan fingerprint density at radius 1 is 1.60 bits per heavy atom. The van der Waals surface area contributed by atoms with Crippen LogP contribution in [-0.2, 0) is 0 Å². The molecule has 0 bridgehead atoms. The molecule has 0 radical (unpaired) electrons. The summed E-state index contributed by atoms with van der Waals surface area (Å²) >= 11 is 0. The molecule has 0 aliphatic carbocycles. The van der Waals surface area contributed by atoms with Gasteiger partial charge in [-0.3, -0.25) is 14.9 Å². The van der Waals surface area contributed by atoms with Crippen molar-refractivity contribution in [1.82, 2.24) is 10.6 Å². The summed E-state index contributed by atoms with van der Waals surface area (Å²) in [5.74, 6) is -0.0379. The molecule has 7 nitrogen and oxygen atoms in total. The van der Waals surface area contributed by atoms with Crippen LogP contribution in [0.4, 0.5) is 5.69 Å². The Hall–Kier alpha value is -2.15. The van der Waals surface area contributed by atoms with Crippen LogP contribution >= 0.6 is 0 Å². The van der Waals surface area contributed by atoms with Crippen LogP contribution in [0.15, 0.2) is 18.2 Å². The van der Waals surface area contributed by atoms with Crippen molar-refractivity contribution in [2.75, 3.05) is 20.2 Å². The van der Waals surface area contributed by atoms with E-state index in [9.17, 15) is 14.9 Å². The number of methoxy groups -OCH3 is 1. The zero-order valence-corrected chi connectivity index (χ0v) is 11.2. The molecule has 0 aromatic heterocycles. The molecular weight excluding hydrogens is 262 g/mol. The molecule has 1 unspecified atom stereocenters. The lowest BCUT2D eigenvalue weighted by Crippen LogP contribution is -2.37. The van der Waals surface area contributed by atoms with Gasteiger partial charge in [-0.05, 0) is 31.5 Å². The number of benzene rings is 1. The standard InChI is InChI=1S/C13H17N3O4/c1-20-10-4-5-12(16(18)19)11(7-10)13(17)15-8-9-3-2-6-14-9/h4-5,7,9,14H,2-3,6,8H2,1H3,(H,15,17). The summed E-state index contributed by atoms with van der Waals surface area (Å²) in [5, 5.41) is 16.9. The van der Waals surface area contributed by atoms with E-state index >= 15 is 0 Å². The number of nitrogens with one attached hydrogen (secondary N) is 2. The van der Waals surface area contributed by atoms with E-state index in [-0.39, 0.29) is 17.3 Å². The minimum Gasteiger partial charge on any atom is -0.497 e. The average Bonchev–Trinajstić information content (AvgIpc) is 2.97. The van der Waals surface area contributed by atoms with Crippen LogP contribution in [-0.4, -0.2) is 37.1 Å². The Morgan fingerprint density at radius 3 is 3.00 bits per heavy atom. The molecule has 0 spiro atoms. The van der Waals surface area contributed by atoms with Crippen molar-refractivity contribution < 1.29 is 14.5 Å². The molecule has 1 aromatic carbocycles. The first kappa shape index (κ1) is 14.3. The molecule has 1 aromatic rings. The van der Waals surface area contributed by atoms with E-state index in [4.69, 9.17) is 4.74 Å². The summed E-state index contributed by atoms with van der Waals surface area (Å²) in [6.07, 6.45) is 2.08. The molecule has 1 amide bonds. The van der Waals surface area contributed by atoms with Gasteiger partial charge in [0.15, 0.2) is 0 Å². The zero-order valence-electron chi connectivity index (χ0n) is 11.2. The smallest absolute Gasteiger partial charge is 0.282 e. The third-order valence-corrected chi connectivity index (χ3v) is 3.32. The lowest BCUT2D eigenvalue weighted by Gasteiger charge is -2.12. The van der Waals surface area contributed by atoms with Gasteiger partial charge in [-0.2, -0.15) is 0 Å². The van der Waals surface area contributed by atoms with Crippen molar-refractivity contribution in [3.8, 4) is 5.75 Å². The molecule has 108 valence electrons. The summed E-state index contributed by atoms with van der Waals surface area (Å²) in [4.78, 5) is 22.5. The number of nitro groups is 1. The first-order valence-electron chi connectivity index (χ1n) is 6.46. The van der Waals surface area contributed by atoms with Crippen molar-refractivity contribution in [3.63, 3.8) is 0 Å². The van der Waals surface area contributed by atoms with Gasteiger partial charge >= 0.3 is 0 Å². The summed E-state index contributed by atoms with van der Waals surface area (Å²) in [6.45, 7) is 1.41. The number of hydrogen-bond donors (Lipinski definition) is 2. The maximum atomic E-state index is 12.1. The van der Waals surface area contributed by atoms with Crippen LogP contribution < -0.4 is 15.4 Å². The molecule has 1 aliphatic rings. The maximum Gasteiger partial charge on any atom is 0.282 e. The van der Waals surface area contributed by atoms with Crippen LogP contribution in [0, 0.1) is 10.1 Å². The van der Waals surface area contributed by atoms with E-state index in [1.165, 1.54) is 25.3 Å². The van der Waals surface area contributed by atoms with Gasteiger partial charge in [-0.15, -0.1) is 0 Å². The highest BCUT2D eigenvalue weighted by atomic mass is 16.6. The quantitative estimate of drug-likeness (QED) is 0.621. The van der Waals surface area contributed by atoms with Crippen molar-refractivity contribution in [1.29, 1.82) is 0 Å². The van der Waals surface area contributed by atoms with Crippen LogP contribution in [0.2, 0.25) is 0 Å². The molecular formula is C13H17N3O4. The summed E-state index contributed by atoms with van der Waals surface area (Å²) in [6, 6.07) is 4.37. The predicted octanol–water partition coefficient (Wildman–Crippen LogP) is 1.09. The number of carbonyl (C=O) groups excluding carboxylic acids is 1. The highest BCUT2D eigenvalue weighted by Crippen LogP contribution is 2.23. The molecule has 7 heteroatoms. The molecule has 0 saturated carbocycles. The lowest BCUT2D eigenvalue weighted by molar-refractivity contribution is -0.385. The summed E-state index contributed by atoms with van der Waals surface area (Å²) in [7, 11) is 1.45. The van der Waals surface area contributed by atoms with Crippen molar-refractivity contribution in [3.05, 3.63) is 33.9 Å². The van der Waals surface area contributed by atoms with Gasteiger partial charge in [-0.1, -0.05) is 0 Å². The SMILES string of the molecule is COc1ccc([N+](=O)[O-])c(C(=O)NCC2CCCN2)c1. The first-order valence-corrected chi connectivity index (χ1v) is 6.46. The first-order chi connectivity index (χ1) is 9.61. The zero-order chi connectivity index (χ0) is 14.5.